The van der Waals surface area contributed by atoms with Gasteiger partial charge in [0, 0.05) is 17.8 Å². The Kier molecular flexibility index (Phi) is 5.26. The fourth-order valence-electron chi connectivity index (χ4n) is 1.27. The standard InChI is InChI=1S/C13H18N2O3S/c1-4-9-14-19(17,18)12-7-5-11(6-8-12)15-13(16)10(2)3/h5-8,14H,2,4,9H2,1,3H3,(H,15,16). The second-order valence-electron chi connectivity index (χ2n) is 4.16. The maximum Gasteiger partial charge on any atom is 0.250 e. The van der Waals surface area contributed by atoms with Gasteiger partial charge in [0.05, 0.1) is 4.90 Å². The summed E-state index contributed by atoms with van der Waals surface area (Å²) in [6, 6.07) is 5.99. The Hall–Kier alpha value is -1.66. The summed E-state index contributed by atoms with van der Waals surface area (Å²) < 4.78 is 26.1. The fourth-order valence-corrected chi connectivity index (χ4v) is 2.41. The van der Waals surface area contributed by atoms with E-state index in [2.05, 4.69) is 16.6 Å². The van der Waals surface area contributed by atoms with E-state index in [-0.39, 0.29) is 10.8 Å². The lowest BCUT2D eigenvalue weighted by Gasteiger charge is -2.08. The van der Waals surface area contributed by atoms with Crippen molar-refractivity contribution >= 4 is 21.6 Å². The Labute approximate surface area is 113 Å². The van der Waals surface area contributed by atoms with E-state index in [1.54, 1.807) is 19.1 Å². The third-order valence-electron chi connectivity index (χ3n) is 2.35. The summed E-state index contributed by atoms with van der Waals surface area (Å²) in [5, 5.41) is 2.61. The summed E-state index contributed by atoms with van der Waals surface area (Å²) in [5.74, 6) is -0.292. The number of anilines is 1. The van der Waals surface area contributed by atoms with Gasteiger partial charge in [-0.15, -0.1) is 0 Å². The number of sulfonamides is 1. The molecule has 0 fully saturated rings. The SMILES string of the molecule is C=C(C)C(=O)Nc1ccc(S(=O)(=O)NCCC)cc1. The maximum atomic E-state index is 11.8. The molecule has 2 N–H and O–H groups in total. The molecule has 0 aliphatic carbocycles. The molecule has 0 aromatic heterocycles. The average Bonchev–Trinajstić information content (AvgIpc) is 2.37. The third kappa shape index (κ3) is 4.50. The fraction of sp³-hybridized carbons (Fsp3) is 0.308. The van der Waals surface area contributed by atoms with E-state index in [1.807, 2.05) is 6.92 Å². The van der Waals surface area contributed by atoms with Gasteiger partial charge in [-0.25, -0.2) is 13.1 Å². The lowest BCUT2D eigenvalue weighted by molar-refractivity contribution is -0.112. The van der Waals surface area contributed by atoms with Gasteiger partial charge in [-0.05, 0) is 37.6 Å². The Morgan fingerprint density at radius 2 is 1.84 bits per heavy atom. The number of hydrogen-bond donors (Lipinski definition) is 2. The first kappa shape index (κ1) is 15.4. The van der Waals surface area contributed by atoms with E-state index >= 15 is 0 Å². The number of amides is 1. The van der Waals surface area contributed by atoms with Crippen LogP contribution in [0.2, 0.25) is 0 Å². The van der Waals surface area contributed by atoms with E-state index in [4.69, 9.17) is 0 Å². The molecule has 104 valence electrons. The number of nitrogens with one attached hydrogen (secondary N) is 2. The first-order valence-corrected chi connectivity index (χ1v) is 7.41. The minimum Gasteiger partial charge on any atom is -0.322 e. The number of benzene rings is 1. The maximum absolute atomic E-state index is 11.8. The largest absolute Gasteiger partial charge is 0.322 e. The molecule has 0 heterocycles. The Bertz CT molecular complexity index is 562. The van der Waals surface area contributed by atoms with Crippen LogP contribution in [0, 0.1) is 0 Å². The van der Waals surface area contributed by atoms with Gasteiger partial charge < -0.3 is 5.32 Å². The van der Waals surface area contributed by atoms with Gasteiger partial charge in [0.15, 0.2) is 0 Å². The molecule has 0 radical (unpaired) electrons. The monoisotopic (exact) mass is 282 g/mol. The molecule has 1 aromatic carbocycles. The van der Waals surface area contributed by atoms with Gasteiger partial charge in [0.1, 0.15) is 0 Å². The van der Waals surface area contributed by atoms with Crippen LogP contribution < -0.4 is 10.0 Å². The number of hydrogen-bond acceptors (Lipinski definition) is 3. The minimum atomic E-state index is -3.46. The number of carbonyl (C=O) groups excluding carboxylic acids is 1. The molecule has 0 saturated heterocycles. The van der Waals surface area contributed by atoms with Crippen molar-refractivity contribution in [2.75, 3.05) is 11.9 Å². The highest BCUT2D eigenvalue weighted by Gasteiger charge is 2.12. The van der Waals surface area contributed by atoms with Crippen molar-refractivity contribution in [1.29, 1.82) is 0 Å². The van der Waals surface area contributed by atoms with Crippen molar-refractivity contribution in [3.8, 4) is 0 Å². The van der Waals surface area contributed by atoms with Crippen LogP contribution in [0.1, 0.15) is 20.3 Å². The zero-order chi connectivity index (χ0) is 14.5. The second-order valence-corrected chi connectivity index (χ2v) is 5.92. The van der Waals surface area contributed by atoms with Crippen LogP contribution in [0.3, 0.4) is 0 Å². The molecular weight excluding hydrogens is 264 g/mol. The zero-order valence-corrected chi connectivity index (χ0v) is 11.9. The van der Waals surface area contributed by atoms with E-state index in [9.17, 15) is 13.2 Å². The summed E-state index contributed by atoms with van der Waals surface area (Å²) in [6.07, 6.45) is 0.728. The molecule has 6 heteroatoms. The van der Waals surface area contributed by atoms with E-state index < -0.39 is 10.0 Å². The lowest BCUT2D eigenvalue weighted by Crippen LogP contribution is -2.24. The van der Waals surface area contributed by atoms with Crippen molar-refractivity contribution in [2.45, 2.75) is 25.2 Å². The summed E-state index contributed by atoms with van der Waals surface area (Å²) in [6.45, 7) is 7.41. The van der Waals surface area contributed by atoms with E-state index in [0.29, 0.717) is 17.8 Å². The molecule has 1 amide bonds. The minimum absolute atomic E-state index is 0.175. The van der Waals surface area contributed by atoms with Crippen molar-refractivity contribution in [3.63, 3.8) is 0 Å². The Morgan fingerprint density at radius 1 is 1.26 bits per heavy atom. The molecule has 0 aliphatic rings. The number of carbonyl (C=O) groups is 1. The van der Waals surface area contributed by atoms with Crippen LogP contribution in [0.15, 0.2) is 41.3 Å². The normalized spacial score (nSPS) is 11.1. The lowest BCUT2D eigenvalue weighted by atomic mass is 10.3. The summed E-state index contributed by atoms with van der Waals surface area (Å²) in [4.78, 5) is 11.6. The van der Waals surface area contributed by atoms with Crippen LogP contribution in [-0.2, 0) is 14.8 Å². The molecule has 1 rings (SSSR count). The van der Waals surface area contributed by atoms with Crippen molar-refractivity contribution < 1.29 is 13.2 Å². The highest BCUT2D eigenvalue weighted by molar-refractivity contribution is 7.89. The van der Waals surface area contributed by atoms with Gasteiger partial charge in [-0.1, -0.05) is 13.5 Å². The zero-order valence-electron chi connectivity index (χ0n) is 11.1. The van der Waals surface area contributed by atoms with E-state index in [1.165, 1.54) is 12.1 Å². The van der Waals surface area contributed by atoms with Crippen LogP contribution in [0.4, 0.5) is 5.69 Å². The first-order chi connectivity index (χ1) is 8.86. The third-order valence-corrected chi connectivity index (χ3v) is 3.83. The highest BCUT2D eigenvalue weighted by Crippen LogP contribution is 2.14. The van der Waals surface area contributed by atoms with Crippen molar-refractivity contribution in [1.82, 2.24) is 4.72 Å². The van der Waals surface area contributed by atoms with Crippen molar-refractivity contribution in [3.05, 3.63) is 36.4 Å². The molecule has 1 aromatic rings. The molecule has 0 saturated carbocycles. The predicted molar refractivity (Wildman–Crippen MR) is 75.4 cm³/mol. The summed E-state index contributed by atoms with van der Waals surface area (Å²) >= 11 is 0. The van der Waals surface area contributed by atoms with Crippen molar-refractivity contribution in [2.24, 2.45) is 0 Å². The summed E-state index contributed by atoms with van der Waals surface area (Å²) in [7, 11) is -3.46. The molecule has 0 aliphatic heterocycles. The summed E-state index contributed by atoms with van der Waals surface area (Å²) in [5.41, 5.74) is 0.920. The number of rotatable bonds is 6. The smallest absolute Gasteiger partial charge is 0.250 e. The van der Waals surface area contributed by atoms with Crippen LogP contribution in [0.25, 0.3) is 0 Å². The molecule has 5 nitrogen and oxygen atoms in total. The molecule has 0 unspecified atom stereocenters. The molecular formula is C13H18N2O3S. The molecule has 0 bridgehead atoms. The van der Waals surface area contributed by atoms with Crippen LogP contribution in [0.5, 0.6) is 0 Å². The van der Waals surface area contributed by atoms with Gasteiger partial charge in [-0.2, -0.15) is 0 Å². The molecule has 19 heavy (non-hydrogen) atoms. The second kappa shape index (κ2) is 6.49. The highest BCUT2D eigenvalue weighted by atomic mass is 32.2. The van der Waals surface area contributed by atoms with Crippen LogP contribution in [-0.4, -0.2) is 20.9 Å². The van der Waals surface area contributed by atoms with E-state index in [0.717, 1.165) is 6.42 Å². The van der Waals surface area contributed by atoms with Gasteiger partial charge in [-0.3, -0.25) is 4.79 Å². The molecule has 0 atom stereocenters. The first-order valence-electron chi connectivity index (χ1n) is 5.93. The average molecular weight is 282 g/mol. The van der Waals surface area contributed by atoms with Gasteiger partial charge in [0.25, 0.3) is 5.91 Å². The van der Waals surface area contributed by atoms with Gasteiger partial charge >= 0.3 is 0 Å². The quantitative estimate of drug-likeness (QED) is 0.782. The Balaban J connectivity index is 2.82. The van der Waals surface area contributed by atoms with Crippen LogP contribution >= 0.6 is 0 Å². The molecule has 0 spiro atoms. The predicted octanol–water partition coefficient (Wildman–Crippen LogP) is 1.89. The Morgan fingerprint density at radius 3 is 2.32 bits per heavy atom. The van der Waals surface area contributed by atoms with Gasteiger partial charge in [0.2, 0.25) is 10.0 Å². The topological polar surface area (TPSA) is 75.3 Å².